The second-order valence-electron chi connectivity index (χ2n) is 6.22. The first-order valence-electron chi connectivity index (χ1n) is 9.03. The summed E-state index contributed by atoms with van der Waals surface area (Å²) in [6.45, 7) is 0. The lowest BCUT2D eigenvalue weighted by Crippen LogP contribution is -2.51. The highest BCUT2D eigenvalue weighted by Gasteiger charge is 2.14. The summed E-state index contributed by atoms with van der Waals surface area (Å²) in [5.41, 5.74) is 9.15. The molecule has 0 bridgehead atoms. The molecular weight excluding hydrogens is 398 g/mol. The molecule has 1 aromatic carbocycles. The first-order valence-corrected chi connectivity index (χ1v) is 9.84. The molecule has 0 aliphatic heterocycles. The minimum Gasteiger partial charge on any atom is -0.493 e. The zero-order valence-electron chi connectivity index (χ0n) is 16.3. The van der Waals surface area contributed by atoms with Crippen molar-refractivity contribution in [2.75, 3.05) is 21.3 Å². The Hall–Kier alpha value is -2.33. The van der Waals surface area contributed by atoms with Crippen LogP contribution in [0.25, 0.3) is 0 Å². The topological polar surface area (TPSA) is 88.2 Å². The molecule has 4 N–H and O–H groups in total. The van der Waals surface area contributed by atoms with Gasteiger partial charge in [-0.3, -0.25) is 16.3 Å². The Labute approximate surface area is 176 Å². The highest BCUT2D eigenvalue weighted by Crippen LogP contribution is 2.37. The lowest BCUT2D eigenvalue weighted by molar-refractivity contribution is 0.324. The monoisotopic (exact) mass is 425 g/mol. The van der Waals surface area contributed by atoms with E-state index in [9.17, 15) is 0 Å². The van der Waals surface area contributed by atoms with Gasteiger partial charge in [0.1, 0.15) is 0 Å². The van der Waals surface area contributed by atoms with Crippen molar-refractivity contribution < 1.29 is 14.2 Å². The Balaban J connectivity index is 1.81. The Morgan fingerprint density at radius 1 is 0.964 bits per heavy atom. The second kappa shape index (κ2) is 11.5. The van der Waals surface area contributed by atoms with E-state index >= 15 is 0 Å². The van der Waals surface area contributed by atoms with Crippen molar-refractivity contribution in [1.82, 2.24) is 21.6 Å². The molecule has 1 fully saturated rings. The van der Waals surface area contributed by atoms with Crippen LogP contribution in [0.15, 0.2) is 17.2 Å². The van der Waals surface area contributed by atoms with Crippen LogP contribution in [0.4, 0.5) is 0 Å². The van der Waals surface area contributed by atoms with Gasteiger partial charge in [0.15, 0.2) is 16.6 Å². The van der Waals surface area contributed by atoms with Crippen molar-refractivity contribution in [1.29, 1.82) is 0 Å². The van der Waals surface area contributed by atoms with Crippen molar-refractivity contribution in [3.8, 4) is 17.2 Å². The zero-order valence-corrected chi connectivity index (χ0v) is 18.0. The van der Waals surface area contributed by atoms with Gasteiger partial charge in [-0.05, 0) is 49.4 Å². The quantitative estimate of drug-likeness (QED) is 0.311. The maximum atomic E-state index is 5.32. The summed E-state index contributed by atoms with van der Waals surface area (Å²) in [5, 5.41) is 8.20. The molecule has 0 saturated heterocycles. The van der Waals surface area contributed by atoms with Gasteiger partial charge in [-0.25, -0.2) is 0 Å². The Bertz CT molecular complexity index is 683. The number of methoxy groups -OCH3 is 3. The molecule has 0 aromatic heterocycles. The van der Waals surface area contributed by atoms with Gasteiger partial charge in [-0.2, -0.15) is 5.10 Å². The van der Waals surface area contributed by atoms with Gasteiger partial charge >= 0.3 is 0 Å². The van der Waals surface area contributed by atoms with Gasteiger partial charge in [0.2, 0.25) is 10.9 Å². The Morgan fingerprint density at radius 3 is 2.14 bits per heavy atom. The SMILES string of the molecule is COc1cc(/C=N/NC(=S)NNC(=S)NC2CCCCC2)cc(OC)c1OC. The van der Waals surface area contributed by atoms with Crippen molar-refractivity contribution in [2.24, 2.45) is 5.10 Å². The normalized spacial score (nSPS) is 14.2. The third kappa shape index (κ3) is 6.68. The molecule has 1 aromatic rings. The van der Waals surface area contributed by atoms with Crippen LogP contribution < -0.4 is 35.8 Å². The van der Waals surface area contributed by atoms with Gasteiger partial charge in [0.05, 0.1) is 27.5 Å². The molecule has 28 heavy (non-hydrogen) atoms. The summed E-state index contributed by atoms with van der Waals surface area (Å²) in [7, 11) is 4.68. The maximum absolute atomic E-state index is 5.32. The van der Waals surface area contributed by atoms with Crippen LogP contribution in [-0.2, 0) is 0 Å². The molecule has 154 valence electrons. The van der Waals surface area contributed by atoms with Gasteiger partial charge in [0.25, 0.3) is 0 Å². The summed E-state index contributed by atoms with van der Waals surface area (Å²) < 4.78 is 15.9. The second-order valence-corrected chi connectivity index (χ2v) is 7.03. The van der Waals surface area contributed by atoms with Gasteiger partial charge in [-0.15, -0.1) is 0 Å². The Kier molecular flexibility index (Phi) is 9.02. The lowest BCUT2D eigenvalue weighted by atomic mass is 9.96. The van der Waals surface area contributed by atoms with Crippen molar-refractivity contribution in [3.05, 3.63) is 17.7 Å². The van der Waals surface area contributed by atoms with Crippen LogP contribution in [-0.4, -0.2) is 43.8 Å². The van der Waals surface area contributed by atoms with E-state index in [4.69, 9.17) is 38.6 Å². The molecule has 2 rings (SSSR count). The molecule has 0 amide bonds. The fourth-order valence-corrected chi connectivity index (χ4v) is 3.27. The molecule has 0 unspecified atom stereocenters. The summed E-state index contributed by atoms with van der Waals surface area (Å²) in [6, 6.07) is 3.99. The number of rotatable bonds is 6. The fraction of sp³-hybridized carbons (Fsp3) is 0.500. The first-order chi connectivity index (χ1) is 13.6. The number of benzene rings is 1. The van der Waals surface area contributed by atoms with Crippen LogP contribution in [0.2, 0.25) is 0 Å². The number of hydrazine groups is 1. The summed E-state index contributed by atoms with van der Waals surface area (Å²) in [5.74, 6) is 1.62. The van der Waals surface area contributed by atoms with E-state index in [0.29, 0.717) is 28.4 Å². The number of nitrogens with one attached hydrogen (secondary N) is 4. The van der Waals surface area contributed by atoms with Gasteiger partial charge < -0.3 is 19.5 Å². The zero-order chi connectivity index (χ0) is 20.4. The largest absolute Gasteiger partial charge is 0.493 e. The number of hydrogen-bond donors (Lipinski definition) is 4. The minimum absolute atomic E-state index is 0.288. The van der Waals surface area contributed by atoms with Gasteiger partial charge in [0, 0.05) is 11.6 Å². The van der Waals surface area contributed by atoms with Crippen LogP contribution in [0.5, 0.6) is 17.2 Å². The summed E-state index contributed by atoms with van der Waals surface area (Å²) in [4.78, 5) is 0. The number of thiocarbonyl (C=S) groups is 2. The molecular formula is C18H27N5O3S2. The molecule has 0 radical (unpaired) electrons. The highest BCUT2D eigenvalue weighted by molar-refractivity contribution is 7.80. The molecule has 1 aliphatic rings. The smallest absolute Gasteiger partial charge is 0.205 e. The van der Waals surface area contributed by atoms with Crippen molar-refractivity contribution in [3.63, 3.8) is 0 Å². The first kappa shape index (κ1) is 22.0. The molecule has 0 spiro atoms. The van der Waals surface area contributed by atoms with Crippen LogP contribution in [0.1, 0.15) is 37.7 Å². The number of nitrogens with zero attached hydrogens (tertiary/aromatic N) is 1. The van der Waals surface area contributed by atoms with E-state index in [1.54, 1.807) is 39.7 Å². The standard InChI is InChI=1S/C18H27N5O3S2/c1-24-14-9-12(10-15(25-2)16(14)26-3)11-19-21-18(28)23-22-17(27)20-13-7-5-4-6-8-13/h9-11,13H,4-8H2,1-3H3,(H2,20,22,27)(H2,21,23,28)/b19-11+. The van der Waals surface area contributed by atoms with Crippen molar-refractivity contribution in [2.45, 2.75) is 38.1 Å². The third-order valence-electron chi connectivity index (χ3n) is 4.30. The molecule has 0 atom stereocenters. The molecule has 10 heteroatoms. The Morgan fingerprint density at radius 2 is 1.57 bits per heavy atom. The van der Waals surface area contributed by atoms with E-state index in [0.717, 1.165) is 18.4 Å². The number of ether oxygens (including phenoxy) is 3. The van der Waals surface area contributed by atoms with Crippen LogP contribution >= 0.6 is 24.4 Å². The van der Waals surface area contributed by atoms with E-state index in [-0.39, 0.29) is 5.11 Å². The molecule has 8 nitrogen and oxygen atoms in total. The predicted octanol–water partition coefficient (Wildman–Crippen LogP) is 2.22. The molecule has 1 saturated carbocycles. The third-order valence-corrected chi connectivity index (χ3v) is 4.71. The van der Waals surface area contributed by atoms with E-state index in [1.807, 2.05) is 0 Å². The van der Waals surface area contributed by atoms with E-state index < -0.39 is 0 Å². The minimum atomic E-state index is 0.288. The van der Waals surface area contributed by atoms with E-state index in [1.165, 1.54) is 19.3 Å². The predicted molar refractivity (Wildman–Crippen MR) is 118 cm³/mol. The number of hydrazone groups is 1. The maximum Gasteiger partial charge on any atom is 0.205 e. The number of hydrogen-bond acceptors (Lipinski definition) is 6. The fourth-order valence-electron chi connectivity index (χ4n) is 2.95. The molecule has 1 aliphatic carbocycles. The van der Waals surface area contributed by atoms with Crippen LogP contribution in [0, 0.1) is 0 Å². The lowest BCUT2D eigenvalue weighted by Gasteiger charge is -2.24. The summed E-state index contributed by atoms with van der Waals surface area (Å²) >= 11 is 10.4. The molecule has 0 heterocycles. The van der Waals surface area contributed by atoms with Crippen molar-refractivity contribution >= 4 is 40.9 Å². The average molecular weight is 426 g/mol. The highest BCUT2D eigenvalue weighted by atomic mass is 32.1. The van der Waals surface area contributed by atoms with Crippen LogP contribution in [0.3, 0.4) is 0 Å². The average Bonchev–Trinajstić information content (AvgIpc) is 2.72. The summed E-state index contributed by atoms with van der Waals surface area (Å²) in [6.07, 6.45) is 7.66. The van der Waals surface area contributed by atoms with E-state index in [2.05, 4.69) is 26.7 Å². The van der Waals surface area contributed by atoms with Gasteiger partial charge in [-0.1, -0.05) is 19.3 Å².